The normalized spacial score (nSPS) is 16.6. The Kier molecular flexibility index (Phi) is 1.69. The fraction of sp³-hybridized carbons (Fsp3) is 0.400. The summed E-state index contributed by atoms with van der Waals surface area (Å²) in [5, 5.41) is 0. The molecular weight excluding hydrogens is 120 g/mol. The lowest BCUT2D eigenvalue weighted by Gasteiger charge is -2.01. The lowest BCUT2D eigenvalue weighted by Crippen LogP contribution is -2.13. The van der Waals surface area contributed by atoms with Gasteiger partial charge in [0.1, 0.15) is 5.91 Å². The van der Waals surface area contributed by atoms with E-state index in [4.69, 9.17) is 0 Å². The Morgan fingerprint density at radius 1 is 1.78 bits per heavy atom. The van der Waals surface area contributed by atoms with Crippen LogP contribution in [0, 0.1) is 0 Å². The summed E-state index contributed by atoms with van der Waals surface area (Å²) >= 11 is 0. The number of nitrogens with zero attached hydrogens (tertiary/aromatic N) is 2. The maximum Gasteiger partial charge on any atom is 0.134 e. The topological polar surface area (TPSA) is 51.0 Å². The molecule has 1 rings (SSSR count). The Hall–Kier alpha value is -1.03. The van der Waals surface area contributed by atoms with Crippen molar-refractivity contribution in [2.24, 2.45) is 9.98 Å². The van der Waals surface area contributed by atoms with E-state index in [1.165, 1.54) is 7.11 Å². The summed E-state index contributed by atoms with van der Waals surface area (Å²) in [6.45, 7) is 0.218. The van der Waals surface area contributed by atoms with E-state index in [-0.39, 0.29) is 12.5 Å². The highest BCUT2D eigenvalue weighted by atomic mass is 16.5. The number of rotatable bonds is 2. The number of amides is 1. The van der Waals surface area contributed by atoms with E-state index in [0.29, 0.717) is 5.71 Å². The molecule has 0 radical (unpaired) electrons. The van der Waals surface area contributed by atoms with Gasteiger partial charge in [0, 0.05) is 20.1 Å². The summed E-state index contributed by atoms with van der Waals surface area (Å²) in [6.07, 6.45) is 2.19. The van der Waals surface area contributed by atoms with Crippen LogP contribution in [0.4, 0.5) is 0 Å². The summed E-state index contributed by atoms with van der Waals surface area (Å²) in [7, 11) is 1.49. The molecule has 4 heteroatoms. The van der Waals surface area contributed by atoms with Crippen LogP contribution in [0.15, 0.2) is 9.98 Å². The highest BCUT2D eigenvalue weighted by Gasteiger charge is 1.98. The van der Waals surface area contributed by atoms with Gasteiger partial charge in [-0.2, -0.15) is 0 Å². The predicted molar refractivity (Wildman–Crippen MR) is 31.8 cm³/mol. The Balaban J connectivity index is 2.54. The van der Waals surface area contributed by atoms with Crippen LogP contribution < -0.4 is 0 Å². The summed E-state index contributed by atoms with van der Waals surface area (Å²) in [5.74, 6) is -0.350. The molecule has 9 heavy (non-hydrogen) atoms. The zero-order chi connectivity index (χ0) is 6.69. The van der Waals surface area contributed by atoms with Gasteiger partial charge in [-0.3, -0.25) is 0 Å². The number of methoxy groups -OCH3 is 1. The summed E-state index contributed by atoms with van der Waals surface area (Å²) in [6, 6.07) is 0. The van der Waals surface area contributed by atoms with Gasteiger partial charge in [-0.25, -0.2) is 0 Å². The SMILES string of the molecule is COCC1=N[C-]=NC1=O. The minimum absolute atomic E-state index is 0.218. The number of carbonyl (C=O) groups is 1. The van der Waals surface area contributed by atoms with Crippen LogP contribution in [0.5, 0.6) is 0 Å². The average Bonchev–Trinajstić information content (AvgIpc) is 2.18. The monoisotopic (exact) mass is 125 g/mol. The van der Waals surface area contributed by atoms with E-state index in [1.807, 2.05) is 0 Å². The van der Waals surface area contributed by atoms with Gasteiger partial charge in [-0.05, 0) is 5.71 Å². The first-order valence-corrected chi connectivity index (χ1v) is 2.40. The summed E-state index contributed by atoms with van der Waals surface area (Å²) in [4.78, 5) is 17.3. The van der Waals surface area contributed by atoms with Crippen molar-refractivity contribution in [1.82, 2.24) is 0 Å². The minimum Gasteiger partial charge on any atom is -0.392 e. The molecule has 0 bridgehead atoms. The van der Waals surface area contributed by atoms with Crippen molar-refractivity contribution in [1.29, 1.82) is 0 Å². The Bertz CT molecular complexity index is 183. The zero-order valence-corrected chi connectivity index (χ0v) is 4.92. The third-order valence-corrected chi connectivity index (χ3v) is 0.864. The third kappa shape index (κ3) is 1.20. The first-order chi connectivity index (χ1) is 4.34. The van der Waals surface area contributed by atoms with Gasteiger partial charge in [0.05, 0.1) is 0 Å². The minimum atomic E-state index is -0.350. The van der Waals surface area contributed by atoms with Gasteiger partial charge in [0.2, 0.25) is 0 Å². The lowest BCUT2D eigenvalue weighted by atomic mass is 10.4. The Morgan fingerprint density at radius 3 is 3.00 bits per heavy atom. The number of ether oxygens (including phenoxy) is 1. The molecule has 1 aliphatic heterocycles. The van der Waals surface area contributed by atoms with Crippen molar-refractivity contribution in [2.45, 2.75) is 0 Å². The summed E-state index contributed by atoms with van der Waals surface area (Å²) < 4.78 is 4.64. The van der Waals surface area contributed by atoms with E-state index in [2.05, 4.69) is 21.1 Å². The van der Waals surface area contributed by atoms with E-state index in [1.54, 1.807) is 0 Å². The molecule has 0 unspecified atom stereocenters. The molecular formula is C5H5N2O2-. The van der Waals surface area contributed by atoms with Crippen LogP contribution >= 0.6 is 0 Å². The smallest absolute Gasteiger partial charge is 0.134 e. The third-order valence-electron chi connectivity index (χ3n) is 0.864. The molecule has 0 saturated heterocycles. The molecule has 0 spiro atoms. The van der Waals surface area contributed by atoms with Crippen LogP contribution in [0.25, 0.3) is 0 Å². The fourth-order valence-corrected chi connectivity index (χ4v) is 0.474. The van der Waals surface area contributed by atoms with Gasteiger partial charge < -0.3 is 19.5 Å². The molecule has 1 aliphatic rings. The molecule has 0 fully saturated rings. The first kappa shape index (κ1) is 6.10. The number of hydrogen-bond acceptors (Lipinski definition) is 3. The molecule has 4 nitrogen and oxygen atoms in total. The second-order valence-electron chi connectivity index (χ2n) is 1.51. The second kappa shape index (κ2) is 2.50. The first-order valence-electron chi connectivity index (χ1n) is 2.40. The van der Waals surface area contributed by atoms with Crippen LogP contribution in [-0.4, -0.2) is 31.7 Å². The largest absolute Gasteiger partial charge is 0.392 e. The molecule has 0 aromatic rings. The highest BCUT2D eigenvalue weighted by molar-refractivity contribution is 6.44. The molecule has 0 N–H and O–H groups in total. The van der Waals surface area contributed by atoms with Crippen LogP contribution in [-0.2, 0) is 9.53 Å². The second-order valence-corrected chi connectivity index (χ2v) is 1.51. The lowest BCUT2D eigenvalue weighted by molar-refractivity contribution is -0.111. The highest BCUT2D eigenvalue weighted by Crippen LogP contribution is 1.90. The van der Waals surface area contributed by atoms with Crippen LogP contribution in [0.2, 0.25) is 0 Å². The predicted octanol–water partition coefficient (Wildman–Crippen LogP) is -0.481. The standard InChI is InChI=1S/C5H5N2O2/c1-9-2-4-5(8)7-3-6-4/h2H2,1H3/q-1. The molecule has 1 heterocycles. The Morgan fingerprint density at radius 2 is 2.56 bits per heavy atom. The molecule has 0 aromatic heterocycles. The summed E-state index contributed by atoms with van der Waals surface area (Å²) in [5.41, 5.74) is 0.317. The molecule has 0 atom stereocenters. The van der Waals surface area contributed by atoms with Crippen molar-refractivity contribution < 1.29 is 9.53 Å². The average molecular weight is 125 g/mol. The Labute approximate surface area is 52.3 Å². The zero-order valence-electron chi connectivity index (χ0n) is 4.92. The number of carbonyl (C=O) groups excluding carboxylic acids is 1. The van der Waals surface area contributed by atoms with Crippen LogP contribution in [0.3, 0.4) is 0 Å². The van der Waals surface area contributed by atoms with E-state index in [9.17, 15) is 4.79 Å². The number of hydrogen-bond donors (Lipinski definition) is 0. The van der Waals surface area contributed by atoms with Crippen molar-refractivity contribution >= 4 is 18.0 Å². The van der Waals surface area contributed by atoms with E-state index >= 15 is 0 Å². The van der Waals surface area contributed by atoms with Crippen molar-refractivity contribution in [3.8, 4) is 0 Å². The van der Waals surface area contributed by atoms with Crippen molar-refractivity contribution in [3.05, 3.63) is 0 Å². The van der Waals surface area contributed by atoms with Crippen molar-refractivity contribution in [2.75, 3.05) is 13.7 Å². The molecule has 0 aromatic carbocycles. The van der Waals surface area contributed by atoms with Crippen molar-refractivity contribution in [3.63, 3.8) is 0 Å². The van der Waals surface area contributed by atoms with Gasteiger partial charge in [-0.1, -0.05) is 0 Å². The van der Waals surface area contributed by atoms with E-state index in [0.717, 1.165) is 0 Å². The molecule has 1 amide bonds. The van der Waals surface area contributed by atoms with Gasteiger partial charge in [-0.15, -0.1) is 0 Å². The van der Waals surface area contributed by atoms with Crippen LogP contribution in [0.1, 0.15) is 0 Å². The fourth-order valence-electron chi connectivity index (χ4n) is 0.474. The van der Waals surface area contributed by atoms with E-state index < -0.39 is 0 Å². The van der Waals surface area contributed by atoms with Gasteiger partial charge in [0.15, 0.2) is 0 Å². The number of aliphatic imine (C=N–C) groups is 2. The molecule has 0 aliphatic carbocycles. The van der Waals surface area contributed by atoms with Gasteiger partial charge >= 0.3 is 0 Å². The maximum atomic E-state index is 10.5. The quantitative estimate of drug-likeness (QED) is 0.468. The maximum absolute atomic E-state index is 10.5. The molecule has 48 valence electrons. The molecule has 0 saturated carbocycles. The van der Waals surface area contributed by atoms with Gasteiger partial charge in [0.25, 0.3) is 0 Å².